The molecule has 0 aliphatic carbocycles. The standard InChI is InChI=1S/C12H14N4/c1-8-9(2)16-12(13-3)11(15-8)10-5-4-6-14-7-10/h4-7H,1-3H3,(H,13,16). The number of hydrogen-bond donors (Lipinski definition) is 1. The Labute approximate surface area is 94.8 Å². The van der Waals surface area contributed by atoms with Gasteiger partial charge in [-0.05, 0) is 26.0 Å². The average Bonchev–Trinajstić information content (AvgIpc) is 2.33. The maximum absolute atomic E-state index is 4.55. The SMILES string of the molecule is CNc1nc(C)c(C)nc1-c1cccnc1. The number of pyridine rings is 1. The van der Waals surface area contributed by atoms with E-state index >= 15 is 0 Å². The molecule has 2 rings (SSSR count). The summed E-state index contributed by atoms with van der Waals surface area (Å²) in [4.78, 5) is 13.1. The maximum Gasteiger partial charge on any atom is 0.152 e. The molecule has 0 fully saturated rings. The van der Waals surface area contributed by atoms with Crippen LogP contribution in [-0.2, 0) is 0 Å². The van der Waals surface area contributed by atoms with Crippen LogP contribution >= 0.6 is 0 Å². The van der Waals surface area contributed by atoms with Gasteiger partial charge in [0.05, 0.1) is 11.4 Å². The molecular weight excluding hydrogens is 200 g/mol. The lowest BCUT2D eigenvalue weighted by atomic mass is 10.2. The molecular formula is C12H14N4. The predicted octanol–water partition coefficient (Wildman–Crippen LogP) is 2.20. The van der Waals surface area contributed by atoms with Crippen molar-refractivity contribution >= 4 is 5.82 Å². The van der Waals surface area contributed by atoms with Gasteiger partial charge in [0, 0.05) is 25.0 Å². The summed E-state index contributed by atoms with van der Waals surface area (Å²) in [5.41, 5.74) is 3.70. The minimum absolute atomic E-state index is 0.788. The number of anilines is 1. The van der Waals surface area contributed by atoms with Crippen LogP contribution < -0.4 is 5.32 Å². The summed E-state index contributed by atoms with van der Waals surface area (Å²) in [7, 11) is 1.85. The summed E-state index contributed by atoms with van der Waals surface area (Å²) >= 11 is 0. The topological polar surface area (TPSA) is 50.7 Å². The fourth-order valence-electron chi connectivity index (χ4n) is 1.48. The highest BCUT2D eigenvalue weighted by Crippen LogP contribution is 2.24. The highest BCUT2D eigenvalue weighted by molar-refractivity contribution is 5.70. The minimum atomic E-state index is 0.788. The van der Waals surface area contributed by atoms with Crippen molar-refractivity contribution in [1.82, 2.24) is 15.0 Å². The van der Waals surface area contributed by atoms with Gasteiger partial charge in [0.25, 0.3) is 0 Å². The first-order chi connectivity index (χ1) is 7.72. The summed E-state index contributed by atoms with van der Waals surface area (Å²) in [6.07, 6.45) is 3.54. The zero-order valence-electron chi connectivity index (χ0n) is 9.65. The van der Waals surface area contributed by atoms with E-state index < -0.39 is 0 Å². The molecule has 0 saturated heterocycles. The normalized spacial score (nSPS) is 10.2. The van der Waals surface area contributed by atoms with Gasteiger partial charge in [-0.2, -0.15) is 0 Å². The molecule has 4 heteroatoms. The van der Waals surface area contributed by atoms with Crippen LogP contribution in [0.15, 0.2) is 24.5 Å². The molecule has 1 N–H and O–H groups in total. The van der Waals surface area contributed by atoms with Gasteiger partial charge < -0.3 is 5.32 Å². The van der Waals surface area contributed by atoms with Gasteiger partial charge in [0.15, 0.2) is 5.82 Å². The third kappa shape index (κ3) is 1.86. The molecule has 2 aromatic heterocycles. The van der Waals surface area contributed by atoms with Crippen molar-refractivity contribution in [3.63, 3.8) is 0 Å². The van der Waals surface area contributed by atoms with Gasteiger partial charge in [-0.25, -0.2) is 9.97 Å². The number of nitrogens with one attached hydrogen (secondary N) is 1. The molecule has 82 valence electrons. The summed E-state index contributed by atoms with van der Waals surface area (Å²) in [5, 5.41) is 3.06. The number of aromatic nitrogens is 3. The molecule has 0 amide bonds. The second kappa shape index (κ2) is 4.26. The van der Waals surface area contributed by atoms with E-state index in [9.17, 15) is 0 Å². The van der Waals surface area contributed by atoms with E-state index in [4.69, 9.17) is 0 Å². The van der Waals surface area contributed by atoms with E-state index in [0.717, 1.165) is 28.5 Å². The fourth-order valence-corrected chi connectivity index (χ4v) is 1.48. The Bertz CT molecular complexity index is 494. The zero-order valence-corrected chi connectivity index (χ0v) is 9.65. The molecule has 2 aromatic rings. The lowest BCUT2D eigenvalue weighted by Crippen LogP contribution is -2.02. The molecule has 0 aromatic carbocycles. The molecule has 0 unspecified atom stereocenters. The van der Waals surface area contributed by atoms with Crippen LogP contribution in [0, 0.1) is 13.8 Å². The fraction of sp³-hybridized carbons (Fsp3) is 0.250. The van der Waals surface area contributed by atoms with E-state index in [2.05, 4.69) is 20.3 Å². The van der Waals surface area contributed by atoms with Gasteiger partial charge in [-0.1, -0.05) is 0 Å². The summed E-state index contributed by atoms with van der Waals surface area (Å²) in [6.45, 7) is 3.91. The highest BCUT2D eigenvalue weighted by Gasteiger charge is 2.09. The number of nitrogens with zero attached hydrogens (tertiary/aromatic N) is 3. The van der Waals surface area contributed by atoms with Gasteiger partial charge in [-0.15, -0.1) is 0 Å². The van der Waals surface area contributed by atoms with Crippen LogP contribution in [0.4, 0.5) is 5.82 Å². The molecule has 0 radical (unpaired) electrons. The first kappa shape index (κ1) is 10.5. The van der Waals surface area contributed by atoms with Crippen molar-refractivity contribution in [2.24, 2.45) is 0 Å². The van der Waals surface area contributed by atoms with Crippen molar-refractivity contribution in [3.05, 3.63) is 35.9 Å². The number of hydrogen-bond acceptors (Lipinski definition) is 4. The second-order valence-electron chi connectivity index (χ2n) is 3.58. The van der Waals surface area contributed by atoms with E-state index in [0.29, 0.717) is 0 Å². The highest BCUT2D eigenvalue weighted by atomic mass is 15.0. The van der Waals surface area contributed by atoms with Gasteiger partial charge >= 0.3 is 0 Å². The lowest BCUT2D eigenvalue weighted by Gasteiger charge is -2.09. The Morgan fingerprint density at radius 3 is 2.50 bits per heavy atom. The van der Waals surface area contributed by atoms with Crippen molar-refractivity contribution in [3.8, 4) is 11.3 Å². The van der Waals surface area contributed by atoms with Crippen LogP contribution in [-0.4, -0.2) is 22.0 Å². The van der Waals surface area contributed by atoms with Crippen molar-refractivity contribution < 1.29 is 0 Å². The monoisotopic (exact) mass is 214 g/mol. The Balaban J connectivity index is 2.60. The van der Waals surface area contributed by atoms with Crippen molar-refractivity contribution in [2.75, 3.05) is 12.4 Å². The van der Waals surface area contributed by atoms with Crippen LogP contribution in [0.25, 0.3) is 11.3 Å². The zero-order chi connectivity index (χ0) is 11.5. The molecule has 0 saturated carbocycles. The Kier molecular flexibility index (Phi) is 2.81. The van der Waals surface area contributed by atoms with E-state index in [1.165, 1.54) is 0 Å². The molecule has 4 nitrogen and oxygen atoms in total. The second-order valence-corrected chi connectivity index (χ2v) is 3.58. The molecule has 0 atom stereocenters. The Morgan fingerprint density at radius 2 is 1.88 bits per heavy atom. The molecule has 0 aliphatic heterocycles. The van der Waals surface area contributed by atoms with Crippen LogP contribution in [0.1, 0.15) is 11.4 Å². The van der Waals surface area contributed by atoms with Crippen molar-refractivity contribution in [2.45, 2.75) is 13.8 Å². The summed E-state index contributed by atoms with van der Waals surface area (Å²) in [5.74, 6) is 0.788. The predicted molar refractivity (Wildman–Crippen MR) is 64.3 cm³/mol. The molecule has 16 heavy (non-hydrogen) atoms. The smallest absolute Gasteiger partial charge is 0.152 e. The third-order valence-electron chi connectivity index (χ3n) is 2.48. The third-order valence-corrected chi connectivity index (χ3v) is 2.48. The van der Waals surface area contributed by atoms with Gasteiger partial charge in [0.1, 0.15) is 5.69 Å². The first-order valence-corrected chi connectivity index (χ1v) is 5.15. The maximum atomic E-state index is 4.55. The number of aryl methyl sites for hydroxylation is 2. The van der Waals surface area contributed by atoms with Gasteiger partial charge in [0.2, 0.25) is 0 Å². The molecule has 0 spiro atoms. The Morgan fingerprint density at radius 1 is 1.12 bits per heavy atom. The van der Waals surface area contributed by atoms with Crippen LogP contribution in [0.5, 0.6) is 0 Å². The van der Waals surface area contributed by atoms with Crippen LogP contribution in [0.2, 0.25) is 0 Å². The summed E-state index contributed by atoms with van der Waals surface area (Å²) in [6, 6.07) is 3.87. The molecule has 0 bridgehead atoms. The van der Waals surface area contributed by atoms with Crippen LogP contribution in [0.3, 0.4) is 0 Å². The summed E-state index contributed by atoms with van der Waals surface area (Å²) < 4.78 is 0. The Hall–Kier alpha value is -1.97. The molecule has 2 heterocycles. The van der Waals surface area contributed by atoms with E-state index in [1.807, 2.05) is 33.0 Å². The largest absolute Gasteiger partial charge is 0.371 e. The quantitative estimate of drug-likeness (QED) is 0.832. The first-order valence-electron chi connectivity index (χ1n) is 5.15. The van der Waals surface area contributed by atoms with E-state index in [1.54, 1.807) is 12.4 Å². The molecule has 0 aliphatic rings. The van der Waals surface area contributed by atoms with E-state index in [-0.39, 0.29) is 0 Å². The average molecular weight is 214 g/mol. The van der Waals surface area contributed by atoms with Crippen molar-refractivity contribution in [1.29, 1.82) is 0 Å². The minimum Gasteiger partial charge on any atom is -0.371 e. The number of rotatable bonds is 2. The van der Waals surface area contributed by atoms with Gasteiger partial charge in [-0.3, -0.25) is 4.98 Å². The lowest BCUT2D eigenvalue weighted by molar-refractivity contribution is 1.05.